The van der Waals surface area contributed by atoms with E-state index in [-0.39, 0.29) is 10.8 Å². The number of fused-ring (bicyclic) bond motifs is 26. The lowest BCUT2D eigenvalue weighted by molar-refractivity contribution is 0.660. The Balaban J connectivity index is 0.000000140. The zero-order valence-corrected chi connectivity index (χ0v) is 81.9. The van der Waals surface area contributed by atoms with E-state index in [1.165, 1.54) is 165 Å². The fraction of sp³-hybridized carbons (Fsp3) is 0.0423. The minimum absolute atomic E-state index is 0.126. The molecule has 0 aliphatic heterocycles. The molecule has 24 aromatic carbocycles. The molecule has 0 saturated heterocycles. The number of hydrogen-bond acceptors (Lipinski definition) is 6. The topological polar surface area (TPSA) is 59.0 Å². The third-order valence-electron chi connectivity index (χ3n) is 31.8. The van der Waals surface area contributed by atoms with Crippen LogP contribution in [0.5, 0.6) is 0 Å². The van der Waals surface area contributed by atoms with Gasteiger partial charge in [-0.2, -0.15) is 0 Å². The van der Waals surface area contributed by atoms with Crippen molar-refractivity contribution in [3.63, 3.8) is 0 Å². The second kappa shape index (κ2) is 33.9. The van der Waals surface area contributed by atoms with Crippen molar-refractivity contribution in [1.29, 1.82) is 0 Å². The fourth-order valence-corrected chi connectivity index (χ4v) is 24.2. The van der Waals surface area contributed by atoms with Crippen LogP contribution in [0.3, 0.4) is 0 Å². The molecule has 148 heavy (non-hydrogen) atoms. The molecule has 0 spiro atoms. The molecule has 0 radical (unpaired) electrons. The van der Waals surface area contributed by atoms with Gasteiger partial charge in [0.2, 0.25) is 0 Å². The molecule has 28 aromatic rings. The SMILES string of the molecule is CC1(C)c2ccccc2-c2ccc(N(c3ccc(-c4ccc(-c5cc6c7ccccc7oc6c6ccccc56)cc4)cc3)c3ccc(-c4ccc(-c5cc6c7ccccc7oc6c6ccccc56)cc4)cc3)cc21.CC1(C)c2ccccc2-c2ccc(N(c3ccc(-c4ccc(-c5ccc6oc7ccc8ccccc8c7c6c5)cc4)cc3)c3ccc(-c4ccc(-c5ccc6oc7ccc8ccccc8c7c6c5)cc4)cc3)cc21. The first-order valence-corrected chi connectivity index (χ1v) is 51.1. The highest BCUT2D eigenvalue weighted by atomic mass is 16.3. The zero-order chi connectivity index (χ0) is 98.1. The van der Waals surface area contributed by atoms with Crippen LogP contribution in [0.25, 0.3) is 242 Å². The standard InChI is InChI=1S/2C71H47NO2/c1-71(2)65-20-10-7-15-55(65)56-40-39-52(41-66(56)71)72(50-35-31-46(32-36-50)44-23-27-48(28-24-44)61-42-63-57-16-8-11-21-67(57)73-69(63)59-18-5-3-13-53(59)61)51-37-33-47(34-38-51)45-25-29-49(30-26-45)62-43-64-58-17-9-12-22-68(58)74-70(64)60-19-6-4-14-54(60)62;1-71(2)63-14-8-7-13-59(63)60-36-35-56(43-64(60)71)72(54-31-23-46(24-32-54)44-15-19-48(20-16-44)52-29-37-65-61(41-52)69-57-11-5-3-9-50(57)27-39-67(69)73-65)55-33-25-47(26-34-55)45-17-21-49(22-18-45)53-30-38-66-62(42-53)70-58-12-6-4-10-51(58)28-40-68(70)74-66/h2*3-43H,1-2H3. The number of benzene rings is 24. The van der Waals surface area contributed by atoms with Crippen molar-refractivity contribution in [3.05, 3.63) is 520 Å². The van der Waals surface area contributed by atoms with Crippen LogP contribution < -0.4 is 9.80 Å². The van der Waals surface area contributed by atoms with Gasteiger partial charge in [-0.15, -0.1) is 0 Å². The first kappa shape index (κ1) is 85.9. The Morgan fingerprint density at radius 2 is 0.405 bits per heavy atom. The summed E-state index contributed by atoms with van der Waals surface area (Å²) < 4.78 is 25.5. The summed E-state index contributed by atoms with van der Waals surface area (Å²) in [6.45, 7) is 9.41. The predicted octanol–water partition coefficient (Wildman–Crippen LogP) is 40.5. The van der Waals surface area contributed by atoms with Gasteiger partial charge in [-0.25, -0.2) is 0 Å². The van der Waals surface area contributed by atoms with E-state index in [2.05, 4.69) is 523 Å². The van der Waals surface area contributed by atoms with Crippen molar-refractivity contribution >= 4 is 165 Å². The van der Waals surface area contributed by atoms with Gasteiger partial charge in [0.05, 0.1) is 0 Å². The van der Waals surface area contributed by atoms with Gasteiger partial charge in [0.25, 0.3) is 0 Å². The maximum absolute atomic E-state index is 6.42. The van der Waals surface area contributed by atoms with E-state index in [0.717, 1.165) is 133 Å². The van der Waals surface area contributed by atoms with Crippen LogP contribution >= 0.6 is 0 Å². The average Bonchev–Trinajstić information content (AvgIpc) is 1.58. The van der Waals surface area contributed by atoms with Crippen molar-refractivity contribution in [2.75, 3.05) is 9.80 Å². The van der Waals surface area contributed by atoms with Crippen LogP contribution in [0.1, 0.15) is 49.9 Å². The molecule has 696 valence electrons. The molecule has 0 amide bonds. The van der Waals surface area contributed by atoms with Gasteiger partial charge in [-0.05, 0) is 299 Å². The fourth-order valence-electron chi connectivity index (χ4n) is 24.2. The van der Waals surface area contributed by atoms with Crippen LogP contribution in [0.15, 0.2) is 515 Å². The average molecular weight is 1890 g/mol. The molecular weight excluding hydrogens is 1800 g/mol. The van der Waals surface area contributed by atoms with Gasteiger partial charge in [-0.3, -0.25) is 0 Å². The molecule has 4 heterocycles. The number of hydrogen-bond donors (Lipinski definition) is 0. The number of anilines is 6. The molecule has 30 rings (SSSR count). The van der Waals surface area contributed by atoms with Crippen molar-refractivity contribution in [2.45, 2.75) is 38.5 Å². The third kappa shape index (κ3) is 14.1. The summed E-state index contributed by atoms with van der Waals surface area (Å²) in [5, 5.41) is 18.7. The molecule has 2 aliphatic rings. The lowest BCUT2D eigenvalue weighted by Gasteiger charge is -2.28. The van der Waals surface area contributed by atoms with E-state index >= 15 is 0 Å². The lowest BCUT2D eigenvalue weighted by atomic mass is 9.82. The highest BCUT2D eigenvalue weighted by Crippen LogP contribution is 2.55. The molecular formula is C142H94N2O4. The highest BCUT2D eigenvalue weighted by molar-refractivity contribution is 6.23. The maximum atomic E-state index is 6.42. The molecule has 4 aromatic heterocycles. The molecule has 6 heteroatoms. The highest BCUT2D eigenvalue weighted by Gasteiger charge is 2.38. The second-order valence-corrected chi connectivity index (χ2v) is 40.8. The molecule has 6 nitrogen and oxygen atoms in total. The largest absolute Gasteiger partial charge is 0.456 e. The summed E-state index contributed by atoms with van der Waals surface area (Å²) in [4.78, 5) is 4.80. The number of para-hydroxylation sites is 2. The van der Waals surface area contributed by atoms with E-state index in [1.54, 1.807) is 0 Å². The monoisotopic (exact) mass is 1890 g/mol. The van der Waals surface area contributed by atoms with Crippen LogP contribution in [-0.4, -0.2) is 0 Å². The first-order valence-electron chi connectivity index (χ1n) is 51.1. The van der Waals surface area contributed by atoms with Crippen LogP contribution in [-0.2, 0) is 10.8 Å². The Labute approximate surface area is 855 Å². The van der Waals surface area contributed by atoms with Crippen LogP contribution in [0, 0.1) is 0 Å². The third-order valence-corrected chi connectivity index (χ3v) is 31.8. The van der Waals surface area contributed by atoms with Crippen molar-refractivity contribution < 1.29 is 17.7 Å². The summed E-state index contributed by atoms with van der Waals surface area (Å²) in [7, 11) is 0. The Kier molecular flexibility index (Phi) is 19.7. The Hall–Kier alpha value is -18.9. The Morgan fingerprint density at radius 3 is 0.764 bits per heavy atom. The number of rotatable bonds is 14. The van der Waals surface area contributed by atoms with Gasteiger partial charge < -0.3 is 27.5 Å². The summed E-state index contributed by atoms with van der Waals surface area (Å²) in [6, 6.07) is 181. The molecule has 0 bridgehead atoms. The van der Waals surface area contributed by atoms with E-state index in [9.17, 15) is 0 Å². The second-order valence-electron chi connectivity index (χ2n) is 40.8. The quantitative estimate of drug-likeness (QED) is 0.108. The predicted molar refractivity (Wildman–Crippen MR) is 620 cm³/mol. The van der Waals surface area contributed by atoms with Crippen molar-refractivity contribution in [3.8, 4) is 111 Å². The number of furan rings is 4. The summed E-state index contributed by atoms with van der Waals surface area (Å²) in [5.41, 5.74) is 43.2. The van der Waals surface area contributed by atoms with E-state index in [1.807, 2.05) is 12.1 Å². The summed E-state index contributed by atoms with van der Waals surface area (Å²) >= 11 is 0. The molecule has 0 fully saturated rings. The number of nitrogens with zero attached hydrogens (tertiary/aromatic N) is 2. The molecule has 0 atom stereocenters. The van der Waals surface area contributed by atoms with Gasteiger partial charge in [0.15, 0.2) is 0 Å². The maximum Gasteiger partial charge on any atom is 0.143 e. The normalized spacial score (nSPS) is 12.8. The summed E-state index contributed by atoms with van der Waals surface area (Å²) in [6.07, 6.45) is 0. The first-order chi connectivity index (χ1) is 72.8. The Bertz CT molecular complexity index is 9770. The van der Waals surface area contributed by atoms with Crippen LogP contribution in [0.2, 0.25) is 0 Å². The van der Waals surface area contributed by atoms with E-state index in [0.29, 0.717) is 0 Å². The smallest absolute Gasteiger partial charge is 0.143 e. The Morgan fingerprint density at radius 1 is 0.149 bits per heavy atom. The lowest BCUT2D eigenvalue weighted by Crippen LogP contribution is -2.16. The summed E-state index contributed by atoms with van der Waals surface area (Å²) in [5.74, 6) is 0. The van der Waals surface area contributed by atoms with E-state index in [4.69, 9.17) is 17.7 Å². The van der Waals surface area contributed by atoms with Crippen molar-refractivity contribution in [1.82, 2.24) is 0 Å². The molecule has 0 saturated carbocycles. The van der Waals surface area contributed by atoms with Gasteiger partial charge in [0.1, 0.15) is 44.7 Å². The minimum atomic E-state index is -0.131. The van der Waals surface area contributed by atoms with Gasteiger partial charge >= 0.3 is 0 Å². The van der Waals surface area contributed by atoms with Crippen molar-refractivity contribution in [2.24, 2.45) is 0 Å². The molecule has 0 N–H and O–H groups in total. The zero-order valence-electron chi connectivity index (χ0n) is 81.9. The van der Waals surface area contributed by atoms with Gasteiger partial charge in [-0.1, -0.05) is 392 Å². The van der Waals surface area contributed by atoms with E-state index < -0.39 is 0 Å². The minimum Gasteiger partial charge on any atom is -0.456 e. The van der Waals surface area contributed by atoms with Gasteiger partial charge in [0, 0.05) is 98.8 Å². The molecule has 0 unspecified atom stereocenters. The molecule has 2 aliphatic carbocycles. The van der Waals surface area contributed by atoms with Crippen LogP contribution in [0.4, 0.5) is 34.1 Å².